The van der Waals surface area contributed by atoms with Crippen LogP contribution in [0.4, 0.5) is 10.1 Å². The first-order valence-corrected chi connectivity index (χ1v) is 11.9. The van der Waals surface area contributed by atoms with E-state index >= 15 is 0 Å². The van der Waals surface area contributed by atoms with Crippen molar-refractivity contribution in [1.82, 2.24) is 4.98 Å². The van der Waals surface area contributed by atoms with Crippen LogP contribution < -0.4 is 9.64 Å². The van der Waals surface area contributed by atoms with Crippen LogP contribution in [-0.2, 0) is 0 Å². The molecule has 2 amide bonds. The maximum atomic E-state index is 13.6. The molecular weight excluding hydrogens is 527 g/mol. The number of hydrogen-bond acceptors (Lipinski definition) is 6. The van der Waals surface area contributed by atoms with Gasteiger partial charge in [0.1, 0.15) is 17.1 Å². The highest BCUT2D eigenvalue weighted by molar-refractivity contribution is 6.35. The van der Waals surface area contributed by atoms with Gasteiger partial charge in [-0.1, -0.05) is 23.7 Å². The van der Waals surface area contributed by atoms with Gasteiger partial charge in [-0.3, -0.25) is 9.59 Å². The lowest BCUT2D eigenvalue weighted by Gasteiger charge is -2.18. The van der Waals surface area contributed by atoms with E-state index in [4.69, 9.17) is 20.8 Å². The van der Waals surface area contributed by atoms with Crippen LogP contribution in [0.25, 0.3) is 33.7 Å². The van der Waals surface area contributed by atoms with Gasteiger partial charge >= 0.3 is 5.97 Å². The van der Waals surface area contributed by atoms with E-state index < -0.39 is 23.6 Å². The highest BCUT2D eigenvalue weighted by Gasteiger charge is 2.39. The van der Waals surface area contributed by atoms with Crippen LogP contribution in [0.2, 0.25) is 5.02 Å². The van der Waals surface area contributed by atoms with Crippen LogP contribution in [0, 0.1) is 5.82 Å². The third kappa shape index (κ3) is 4.00. The van der Waals surface area contributed by atoms with Crippen molar-refractivity contribution >= 4 is 46.2 Å². The van der Waals surface area contributed by atoms with Crippen molar-refractivity contribution in [2.75, 3.05) is 12.0 Å². The number of oxazole rings is 1. The number of ether oxygens (including phenoxy) is 1. The van der Waals surface area contributed by atoms with Gasteiger partial charge in [0.25, 0.3) is 11.8 Å². The van der Waals surface area contributed by atoms with Crippen molar-refractivity contribution < 1.29 is 33.0 Å². The number of imide groups is 1. The Morgan fingerprint density at radius 2 is 1.64 bits per heavy atom. The fourth-order valence-electron chi connectivity index (χ4n) is 4.50. The number of carboxylic acid groups (broad SMARTS) is 1. The highest BCUT2D eigenvalue weighted by atomic mass is 35.5. The number of halogens is 2. The zero-order chi connectivity index (χ0) is 27.4. The summed E-state index contributed by atoms with van der Waals surface area (Å²) in [6.07, 6.45) is 0. The van der Waals surface area contributed by atoms with E-state index in [-0.39, 0.29) is 39.0 Å². The van der Waals surface area contributed by atoms with Gasteiger partial charge in [0.2, 0.25) is 5.89 Å². The van der Waals surface area contributed by atoms with Gasteiger partial charge < -0.3 is 14.3 Å². The summed E-state index contributed by atoms with van der Waals surface area (Å²) in [6.45, 7) is 0. The molecule has 1 aliphatic heterocycles. The number of carboxylic acids is 1. The SMILES string of the molecule is COc1ccc(-c2nc3cc(-c4ccc(F)c(Cl)c4)ccc3o2)cc1N1C(=O)c2ccc(C(=O)O)cc2C1=O. The molecule has 6 rings (SSSR count). The van der Waals surface area contributed by atoms with E-state index in [1.807, 2.05) is 0 Å². The summed E-state index contributed by atoms with van der Waals surface area (Å²) in [4.78, 5) is 43.3. The summed E-state index contributed by atoms with van der Waals surface area (Å²) in [6, 6.07) is 18.3. The van der Waals surface area contributed by atoms with Crippen molar-refractivity contribution in [2.45, 2.75) is 0 Å². The van der Waals surface area contributed by atoms with Crippen LogP contribution in [0.5, 0.6) is 5.75 Å². The minimum absolute atomic E-state index is 0.00606. The second-order valence-corrected chi connectivity index (χ2v) is 9.14. The van der Waals surface area contributed by atoms with E-state index in [0.717, 1.165) is 10.5 Å². The molecule has 10 heteroatoms. The van der Waals surface area contributed by atoms with Crippen molar-refractivity contribution in [3.8, 4) is 28.3 Å². The Balaban J connectivity index is 1.40. The Labute approximate surface area is 224 Å². The highest BCUT2D eigenvalue weighted by Crippen LogP contribution is 2.39. The average molecular weight is 543 g/mol. The number of benzene rings is 4. The van der Waals surface area contributed by atoms with Crippen LogP contribution in [0.15, 0.2) is 77.2 Å². The van der Waals surface area contributed by atoms with E-state index in [1.165, 1.54) is 37.4 Å². The first kappa shape index (κ1) is 24.3. The van der Waals surface area contributed by atoms with Gasteiger partial charge in [0.05, 0.1) is 34.5 Å². The molecular formula is C29H16ClFN2O6. The van der Waals surface area contributed by atoms with Crippen LogP contribution in [0.1, 0.15) is 31.1 Å². The molecule has 2 heterocycles. The van der Waals surface area contributed by atoms with Crippen molar-refractivity contribution in [3.63, 3.8) is 0 Å². The second kappa shape index (κ2) is 9.07. The number of rotatable bonds is 5. The Morgan fingerprint density at radius 3 is 2.38 bits per heavy atom. The van der Waals surface area contributed by atoms with Crippen LogP contribution in [0.3, 0.4) is 0 Å². The van der Waals surface area contributed by atoms with Gasteiger partial charge in [-0.05, 0) is 71.8 Å². The number of nitrogens with zero attached hydrogens (tertiary/aromatic N) is 2. The molecule has 0 radical (unpaired) electrons. The smallest absolute Gasteiger partial charge is 0.335 e. The molecule has 1 aromatic heterocycles. The lowest BCUT2D eigenvalue weighted by molar-refractivity contribution is 0.0696. The average Bonchev–Trinajstić information content (AvgIpc) is 3.47. The number of fused-ring (bicyclic) bond motifs is 2. The number of amides is 2. The topological polar surface area (TPSA) is 110 Å². The molecule has 0 aliphatic carbocycles. The molecule has 39 heavy (non-hydrogen) atoms. The van der Waals surface area contributed by atoms with E-state index in [9.17, 15) is 23.9 Å². The quantitative estimate of drug-likeness (QED) is 0.254. The molecule has 0 saturated carbocycles. The van der Waals surface area contributed by atoms with Crippen molar-refractivity contribution in [1.29, 1.82) is 0 Å². The third-order valence-corrected chi connectivity index (χ3v) is 6.73. The lowest BCUT2D eigenvalue weighted by atomic mass is 10.1. The fourth-order valence-corrected chi connectivity index (χ4v) is 4.68. The van der Waals surface area contributed by atoms with Gasteiger partial charge in [-0.2, -0.15) is 0 Å². The number of hydrogen-bond donors (Lipinski definition) is 1. The summed E-state index contributed by atoms with van der Waals surface area (Å²) in [5.41, 5.74) is 3.07. The Morgan fingerprint density at radius 1 is 0.923 bits per heavy atom. The zero-order valence-electron chi connectivity index (χ0n) is 20.1. The summed E-state index contributed by atoms with van der Waals surface area (Å²) in [5, 5.41) is 9.30. The number of methoxy groups -OCH3 is 1. The first-order valence-electron chi connectivity index (χ1n) is 11.6. The summed E-state index contributed by atoms with van der Waals surface area (Å²) < 4.78 is 25.0. The summed E-state index contributed by atoms with van der Waals surface area (Å²) in [7, 11) is 1.40. The predicted molar refractivity (Wildman–Crippen MR) is 141 cm³/mol. The lowest BCUT2D eigenvalue weighted by Crippen LogP contribution is -2.29. The normalized spacial score (nSPS) is 12.7. The standard InChI is InChI=1S/C29H16ClFN2O6/c1-38-25-9-5-16(13-23(25)33-27(34)18-6-2-17(29(36)37)10-19(18)28(33)35)26-32-22-12-15(4-8-24(22)39-26)14-3-7-21(31)20(30)11-14/h2-13H,1H3,(H,36,37). The monoisotopic (exact) mass is 542 g/mol. The first-order chi connectivity index (χ1) is 18.7. The third-order valence-electron chi connectivity index (χ3n) is 6.44. The Bertz CT molecular complexity index is 1860. The van der Waals surface area contributed by atoms with E-state index in [2.05, 4.69) is 4.98 Å². The van der Waals surface area contributed by atoms with E-state index in [0.29, 0.717) is 22.2 Å². The number of aromatic carboxylic acids is 1. The zero-order valence-corrected chi connectivity index (χ0v) is 20.8. The van der Waals surface area contributed by atoms with Gasteiger partial charge in [-0.25, -0.2) is 19.1 Å². The van der Waals surface area contributed by atoms with Crippen LogP contribution in [-0.4, -0.2) is 35.0 Å². The van der Waals surface area contributed by atoms with Gasteiger partial charge in [-0.15, -0.1) is 0 Å². The van der Waals surface area contributed by atoms with E-state index in [1.54, 1.807) is 42.5 Å². The fraction of sp³-hybridized carbons (Fsp3) is 0.0345. The number of carbonyl (C=O) groups is 3. The van der Waals surface area contributed by atoms with Crippen molar-refractivity contribution in [3.05, 3.63) is 100 Å². The molecule has 192 valence electrons. The molecule has 0 atom stereocenters. The van der Waals surface area contributed by atoms with Gasteiger partial charge in [0, 0.05) is 5.56 Å². The number of anilines is 1. The molecule has 1 aliphatic rings. The maximum absolute atomic E-state index is 13.6. The second-order valence-electron chi connectivity index (χ2n) is 8.73. The molecule has 4 aromatic carbocycles. The molecule has 0 unspecified atom stereocenters. The molecule has 8 nitrogen and oxygen atoms in total. The Hall–Kier alpha value is -5.02. The largest absolute Gasteiger partial charge is 0.495 e. The number of aromatic nitrogens is 1. The minimum Gasteiger partial charge on any atom is -0.495 e. The molecule has 0 bridgehead atoms. The minimum atomic E-state index is -1.21. The molecule has 1 N–H and O–H groups in total. The maximum Gasteiger partial charge on any atom is 0.335 e. The van der Waals surface area contributed by atoms with Crippen molar-refractivity contribution in [2.24, 2.45) is 0 Å². The predicted octanol–water partition coefficient (Wildman–Crippen LogP) is 6.46. The Kier molecular flexibility index (Phi) is 5.66. The summed E-state index contributed by atoms with van der Waals surface area (Å²) in [5.74, 6) is -2.53. The summed E-state index contributed by atoms with van der Waals surface area (Å²) >= 11 is 5.93. The molecule has 0 fully saturated rings. The van der Waals surface area contributed by atoms with Crippen LogP contribution >= 0.6 is 11.6 Å². The molecule has 0 spiro atoms. The number of carbonyl (C=O) groups excluding carboxylic acids is 2. The molecule has 5 aromatic rings. The van der Waals surface area contributed by atoms with Gasteiger partial charge in [0.15, 0.2) is 5.58 Å². The molecule has 0 saturated heterocycles.